The third kappa shape index (κ3) is 3.24. The Bertz CT molecular complexity index is 486. The number of aliphatic carboxylic acids is 1. The molecule has 0 spiro atoms. The molecule has 0 bridgehead atoms. The Kier molecular flexibility index (Phi) is 4.04. The van der Waals surface area contributed by atoms with Gasteiger partial charge in [-0.2, -0.15) is 0 Å². The lowest BCUT2D eigenvalue weighted by Crippen LogP contribution is -2.29. The first-order valence-corrected chi connectivity index (χ1v) is 6.35. The van der Waals surface area contributed by atoms with Crippen LogP contribution in [-0.2, 0) is 16.1 Å². The molecule has 0 aromatic heterocycles. The van der Waals surface area contributed by atoms with Crippen LogP contribution in [0.1, 0.15) is 24.8 Å². The van der Waals surface area contributed by atoms with E-state index in [1.54, 1.807) is 24.3 Å². The molecule has 2 rings (SSSR count). The van der Waals surface area contributed by atoms with Gasteiger partial charge < -0.3 is 15.5 Å². The Hall–Kier alpha value is -2.04. The highest BCUT2D eigenvalue weighted by molar-refractivity contribution is 5.80. The zero-order valence-electron chi connectivity index (χ0n) is 10.5. The van der Waals surface area contributed by atoms with Crippen molar-refractivity contribution in [2.75, 3.05) is 0 Å². The highest BCUT2D eigenvalue weighted by atomic mass is 16.4. The Morgan fingerprint density at radius 1 is 1.21 bits per heavy atom. The van der Waals surface area contributed by atoms with E-state index >= 15 is 0 Å². The van der Waals surface area contributed by atoms with Gasteiger partial charge in [0.15, 0.2) is 0 Å². The molecule has 1 saturated carbocycles. The van der Waals surface area contributed by atoms with Gasteiger partial charge in [-0.05, 0) is 25.3 Å². The summed E-state index contributed by atoms with van der Waals surface area (Å²) >= 11 is 0. The number of hydrogen-bond acceptors (Lipinski definition) is 3. The SMILES string of the molecule is O=C(O)[C@H]1CC[C@@H](C(=O)NCc2ccccc2O)C1. The lowest BCUT2D eigenvalue weighted by Gasteiger charge is -2.11. The third-order valence-electron chi connectivity index (χ3n) is 3.60. The molecule has 1 aliphatic carbocycles. The molecule has 3 N–H and O–H groups in total. The van der Waals surface area contributed by atoms with Crippen LogP contribution >= 0.6 is 0 Å². The van der Waals surface area contributed by atoms with Crippen molar-refractivity contribution in [1.29, 1.82) is 0 Å². The van der Waals surface area contributed by atoms with E-state index in [4.69, 9.17) is 5.11 Å². The van der Waals surface area contributed by atoms with E-state index in [1.165, 1.54) is 0 Å². The second-order valence-corrected chi connectivity index (χ2v) is 4.89. The average molecular weight is 263 g/mol. The van der Waals surface area contributed by atoms with Gasteiger partial charge in [0.25, 0.3) is 0 Å². The molecular formula is C14H17NO4. The second-order valence-electron chi connectivity index (χ2n) is 4.89. The number of rotatable bonds is 4. The van der Waals surface area contributed by atoms with Crippen molar-refractivity contribution in [3.63, 3.8) is 0 Å². The molecule has 1 aliphatic rings. The number of amides is 1. The van der Waals surface area contributed by atoms with Crippen molar-refractivity contribution in [2.45, 2.75) is 25.8 Å². The van der Waals surface area contributed by atoms with E-state index in [9.17, 15) is 14.7 Å². The quantitative estimate of drug-likeness (QED) is 0.768. The highest BCUT2D eigenvalue weighted by Crippen LogP contribution is 2.31. The van der Waals surface area contributed by atoms with Gasteiger partial charge >= 0.3 is 5.97 Å². The molecule has 0 unspecified atom stereocenters. The molecule has 0 saturated heterocycles. The Labute approximate surface area is 111 Å². The minimum absolute atomic E-state index is 0.132. The molecule has 2 atom stereocenters. The second kappa shape index (κ2) is 5.73. The van der Waals surface area contributed by atoms with Crippen LogP contribution in [0.15, 0.2) is 24.3 Å². The van der Waals surface area contributed by atoms with Crippen LogP contribution in [-0.4, -0.2) is 22.1 Å². The van der Waals surface area contributed by atoms with Crippen molar-refractivity contribution in [3.05, 3.63) is 29.8 Å². The van der Waals surface area contributed by atoms with Gasteiger partial charge in [-0.1, -0.05) is 18.2 Å². The molecule has 0 heterocycles. The molecule has 102 valence electrons. The monoisotopic (exact) mass is 263 g/mol. The highest BCUT2D eigenvalue weighted by Gasteiger charge is 2.33. The summed E-state index contributed by atoms with van der Waals surface area (Å²) in [6, 6.07) is 6.81. The standard InChI is InChI=1S/C14H17NO4/c16-12-4-2-1-3-11(12)8-15-13(17)9-5-6-10(7-9)14(18)19/h1-4,9-10,16H,5-8H2,(H,15,17)(H,18,19)/t9-,10+/m1/s1. The van der Waals surface area contributed by atoms with E-state index in [1.807, 2.05) is 0 Å². The van der Waals surface area contributed by atoms with Crippen LogP contribution in [0.3, 0.4) is 0 Å². The minimum Gasteiger partial charge on any atom is -0.508 e. The van der Waals surface area contributed by atoms with Gasteiger partial charge in [0.1, 0.15) is 5.75 Å². The number of para-hydroxylation sites is 1. The predicted molar refractivity (Wildman–Crippen MR) is 68.4 cm³/mol. The molecule has 5 nitrogen and oxygen atoms in total. The Morgan fingerprint density at radius 2 is 1.89 bits per heavy atom. The first-order chi connectivity index (χ1) is 9.08. The predicted octanol–water partition coefficient (Wildman–Crippen LogP) is 1.51. The number of carboxylic acids is 1. The number of phenols is 1. The van der Waals surface area contributed by atoms with Crippen molar-refractivity contribution in [2.24, 2.45) is 11.8 Å². The number of nitrogens with one attached hydrogen (secondary N) is 1. The van der Waals surface area contributed by atoms with Gasteiger partial charge in [0.2, 0.25) is 5.91 Å². The van der Waals surface area contributed by atoms with Crippen LogP contribution in [0.25, 0.3) is 0 Å². The number of benzene rings is 1. The molecule has 1 aromatic rings. The number of aromatic hydroxyl groups is 1. The maximum absolute atomic E-state index is 11.9. The first-order valence-electron chi connectivity index (χ1n) is 6.35. The van der Waals surface area contributed by atoms with Gasteiger partial charge in [-0.3, -0.25) is 9.59 Å². The van der Waals surface area contributed by atoms with Crippen LogP contribution in [0, 0.1) is 11.8 Å². The molecule has 5 heteroatoms. The average Bonchev–Trinajstić information content (AvgIpc) is 2.87. The topological polar surface area (TPSA) is 86.6 Å². The van der Waals surface area contributed by atoms with Crippen molar-refractivity contribution < 1.29 is 19.8 Å². The molecule has 1 aromatic carbocycles. The number of carboxylic acid groups (broad SMARTS) is 1. The number of hydrogen-bond donors (Lipinski definition) is 3. The molecule has 1 amide bonds. The third-order valence-corrected chi connectivity index (χ3v) is 3.60. The van der Waals surface area contributed by atoms with Crippen molar-refractivity contribution >= 4 is 11.9 Å². The fourth-order valence-electron chi connectivity index (χ4n) is 2.43. The summed E-state index contributed by atoms with van der Waals surface area (Å²) < 4.78 is 0. The minimum atomic E-state index is -0.823. The van der Waals surface area contributed by atoms with Gasteiger partial charge in [0, 0.05) is 18.0 Å². The molecule has 0 radical (unpaired) electrons. The Balaban J connectivity index is 1.86. The lowest BCUT2D eigenvalue weighted by atomic mass is 10.0. The maximum atomic E-state index is 11.9. The first kappa shape index (κ1) is 13.4. The molecule has 0 aliphatic heterocycles. The smallest absolute Gasteiger partial charge is 0.306 e. The fourth-order valence-corrected chi connectivity index (χ4v) is 2.43. The Morgan fingerprint density at radius 3 is 2.53 bits per heavy atom. The summed E-state index contributed by atoms with van der Waals surface area (Å²) in [4.78, 5) is 22.7. The zero-order chi connectivity index (χ0) is 13.8. The van der Waals surface area contributed by atoms with Crippen LogP contribution in [0.4, 0.5) is 0 Å². The van der Waals surface area contributed by atoms with E-state index in [-0.39, 0.29) is 24.1 Å². The number of carbonyl (C=O) groups is 2. The van der Waals surface area contributed by atoms with Crippen LogP contribution < -0.4 is 5.32 Å². The van der Waals surface area contributed by atoms with Crippen molar-refractivity contribution in [1.82, 2.24) is 5.32 Å². The zero-order valence-corrected chi connectivity index (χ0v) is 10.5. The van der Waals surface area contributed by atoms with E-state index in [0.29, 0.717) is 24.8 Å². The summed E-state index contributed by atoms with van der Waals surface area (Å²) in [5, 5.41) is 21.2. The molecule has 1 fully saturated rings. The number of carbonyl (C=O) groups excluding carboxylic acids is 1. The van der Waals surface area contributed by atoms with Crippen molar-refractivity contribution in [3.8, 4) is 5.75 Å². The molecule has 19 heavy (non-hydrogen) atoms. The summed E-state index contributed by atoms with van der Waals surface area (Å²) in [7, 11) is 0. The summed E-state index contributed by atoms with van der Waals surface area (Å²) in [6.07, 6.45) is 1.58. The molecular weight excluding hydrogens is 246 g/mol. The summed E-state index contributed by atoms with van der Waals surface area (Å²) in [6.45, 7) is 0.264. The summed E-state index contributed by atoms with van der Waals surface area (Å²) in [5.74, 6) is -1.44. The van der Waals surface area contributed by atoms with Gasteiger partial charge in [-0.25, -0.2) is 0 Å². The van der Waals surface area contributed by atoms with Gasteiger partial charge in [0.05, 0.1) is 5.92 Å². The maximum Gasteiger partial charge on any atom is 0.306 e. The van der Waals surface area contributed by atoms with Gasteiger partial charge in [-0.15, -0.1) is 0 Å². The number of phenolic OH excluding ortho intramolecular Hbond substituents is 1. The fraction of sp³-hybridized carbons (Fsp3) is 0.429. The van der Waals surface area contributed by atoms with E-state index in [0.717, 1.165) is 0 Å². The van der Waals surface area contributed by atoms with Crippen LogP contribution in [0.2, 0.25) is 0 Å². The van der Waals surface area contributed by atoms with Crippen LogP contribution in [0.5, 0.6) is 5.75 Å². The van der Waals surface area contributed by atoms with E-state index < -0.39 is 11.9 Å². The largest absolute Gasteiger partial charge is 0.508 e. The lowest BCUT2D eigenvalue weighted by molar-refractivity contribution is -0.141. The van der Waals surface area contributed by atoms with E-state index in [2.05, 4.69) is 5.32 Å². The summed E-state index contributed by atoms with van der Waals surface area (Å²) in [5.41, 5.74) is 0.656. The normalized spacial score (nSPS) is 22.1.